The van der Waals surface area contributed by atoms with Gasteiger partial charge in [-0.3, -0.25) is 4.79 Å². The number of H-pyrrole nitrogens is 1. The zero-order valence-corrected chi connectivity index (χ0v) is 19.3. The van der Waals surface area contributed by atoms with E-state index in [1.165, 1.54) is 12.1 Å². The summed E-state index contributed by atoms with van der Waals surface area (Å²) in [6.07, 6.45) is -0.564. The van der Waals surface area contributed by atoms with E-state index in [-0.39, 0.29) is 17.1 Å². The number of hydrogen-bond donors (Lipinski definition) is 2. The van der Waals surface area contributed by atoms with Gasteiger partial charge < -0.3 is 20.1 Å². The minimum Gasteiger partial charge on any atom is -0.370 e. The number of benzene rings is 1. The molecule has 2 aromatic heterocycles. The lowest BCUT2D eigenvalue weighted by Gasteiger charge is -2.36. The second-order valence-electron chi connectivity index (χ2n) is 8.68. The number of aromatic nitrogens is 3. The van der Waals surface area contributed by atoms with Crippen LogP contribution in [0.2, 0.25) is 0 Å². The van der Waals surface area contributed by atoms with Gasteiger partial charge in [0, 0.05) is 30.4 Å². The molecule has 0 aliphatic carbocycles. The minimum atomic E-state index is -4.46. The van der Waals surface area contributed by atoms with Crippen LogP contribution in [0, 0.1) is 6.92 Å². The van der Waals surface area contributed by atoms with E-state index in [4.69, 9.17) is 0 Å². The molecule has 3 heterocycles. The van der Waals surface area contributed by atoms with Crippen molar-refractivity contribution in [2.24, 2.45) is 0 Å². The van der Waals surface area contributed by atoms with Crippen molar-refractivity contribution in [3.63, 3.8) is 0 Å². The number of halogens is 3. The maximum atomic E-state index is 13.0. The predicted octanol–water partition coefficient (Wildman–Crippen LogP) is 4.58. The average molecular weight is 473 g/mol. The lowest BCUT2D eigenvalue weighted by atomic mass is 10.0. The fourth-order valence-corrected chi connectivity index (χ4v) is 4.12. The molecule has 0 radical (unpaired) electrons. The van der Waals surface area contributed by atoms with E-state index >= 15 is 0 Å². The summed E-state index contributed by atoms with van der Waals surface area (Å²) in [5.41, 5.74) is 1.02. The largest absolute Gasteiger partial charge is 0.416 e. The number of aryl methyl sites for hydroxylation is 1. The van der Waals surface area contributed by atoms with Crippen molar-refractivity contribution in [2.75, 3.05) is 37.4 Å². The number of aromatic amines is 1. The molecule has 1 aromatic carbocycles. The Hall–Kier alpha value is -3.40. The summed E-state index contributed by atoms with van der Waals surface area (Å²) in [6.45, 7) is 3.54. The lowest BCUT2D eigenvalue weighted by Crippen LogP contribution is -2.42. The summed E-state index contributed by atoms with van der Waals surface area (Å²) in [7, 11) is 4.20. The maximum absolute atomic E-state index is 13.0. The molecule has 1 saturated heterocycles. The first-order valence-electron chi connectivity index (χ1n) is 11.0. The van der Waals surface area contributed by atoms with Gasteiger partial charge in [-0.15, -0.1) is 0 Å². The van der Waals surface area contributed by atoms with Crippen LogP contribution in [0.5, 0.6) is 0 Å². The van der Waals surface area contributed by atoms with E-state index in [0.717, 1.165) is 43.8 Å². The first kappa shape index (κ1) is 23.7. The number of piperidine rings is 1. The van der Waals surface area contributed by atoms with E-state index in [9.17, 15) is 18.0 Å². The highest BCUT2D eigenvalue weighted by Crippen LogP contribution is 2.31. The van der Waals surface area contributed by atoms with Gasteiger partial charge in [0.2, 0.25) is 0 Å². The summed E-state index contributed by atoms with van der Waals surface area (Å²) < 4.78 is 39.1. The molecule has 1 aliphatic heterocycles. The lowest BCUT2D eigenvalue weighted by molar-refractivity contribution is -0.137. The van der Waals surface area contributed by atoms with E-state index in [1.807, 2.05) is 6.07 Å². The molecule has 0 unspecified atom stereocenters. The number of nitrogens with zero attached hydrogens (tertiary/aromatic N) is 4. The molecular formula is C24H27F3N6O. The van der Waals surface area contributed by atoms with Gasteiger partial charge in [-0.1, -0.05) is 12.1 Å². The molecule has 0 atom stereocenters. The number of carbonyl (C=O) groups excluding carboxylic acids is 1. The van der Waals surface area contributed by atoms with Gasteiger partial charge >= 0.3 is 6.18 Å². The maximum Gasteiger partial charge on any atom is 0.416 e. The molecule has 180 valence electrons. The zero-order valence-electron chi connectivity index (χ0n) is 19.3. The monoisotopic (exact) mass is 472 g/mol. The molecule has 7 nitrogen and oxygen atoms in total. The van der Waals surface area contributed by atoms with Crippen molar-refractivity contribution in [3.8, 4) is 11.4 Å². The number of hydrogen-bond acceptors (Lipinski definition) is 5. The molecular weight excluding hydrogens is 445 g/mol. The van der Waals surface area contributed by atoms with E-state index in [2.05, 4.69) is 44.2 Å². The highest BCUT2D eigenvalue weighted by molar-refractivity contribution is 6.03. The number of nitrogens with one attached hydrogen (secondary N) is 2. The SMILES string of the molecule is Cc1[nH]c(-c2cccc(C(F)(F)F)c2)nc1C(=O)Nc1ccc(N2CCC(N(C)C)CC2)cn1. The fourth-order valence-electron chi connectivity index (χ4n) is 4.12. The molecule has 1 aliphatic rings. The Morgan fingerprint density at radius 3 is 2.53 bits per heavy atom. The topological polar surface area (TPSA) is 77.2 Å². The van der Waals surface area contributed by atoms with Gasteiger partial charge in [-0.25, -0.2) is 9.97 Å². The van der Waals surface area contributed by atoms with Gasteiger partial charge in [0.05, 0.1) is 17.4 Å². The van der Waals surface area contributed by atoms with Gasteiger partial charge in [-0.05, 0) is 58.1 Å². The molecule has 0 spiro atoms. The predicted molar refractivity (Wildman–Crippen MR) is 125 cm³/mol. The van der Waals surface area contributed by atoms with Crippen molar-refractivity contribution in [2.45, 2.75) is 32.0 Å². The van der Waals surface area contributed by atoms with E-state index in [1.54, 1.807) is 19.2 Å². The van der Waals surface area contributed by atoms with E-state index < -0.39 is 17.6 Å². The highest BCUT2D eigenvalue weighted by Gasteiger charge is 2.31. The van der Waals surface area contributed by atoms with Crippen LogP contribution in [0.1, 0.15) is 34.6 Å². The molecule has 2 N–H and O–H groups in total. The van der Waals surface area contributed by atoms with Crippen molar-refractivity contribution >= 4 is 17.4 Å². The van der Waals surface area contributed by atoms with Gasteiger partial charge in [0.25, 0.3) is 5.91 Å². The van der Waals surface area contributed by atoms with Crippen LogP contribution in [0.25, 0.3) is 11.4 Å². The van der Waals surface area contributed by atoms with Crippen LogP contribution in [-0.4, -0.2) is 59.0 Å². The van der Waals surface area contributed by atoms with Crippen molar-refractivity contribution in [1.82, 2.24) is 19.9 Å². The van der Waals surface area contributed by atoms with Gasteiger partial charge in [0.15, 0.2) is 0 Å². The van der Waals surface area contributed by atoms with Crippen molar-refractivity contribution < 1.29 is 18.0 Å². The van der Waals surface area contributed by atoms with Gasteiger partial charge in [0.1, 0.15) is 17.3 Å². The fraction of sp³-hybridized carbons (Fsp3) is 0.375. The Morgan fingerprint density at radius 1 is 1.18 bits per heavy atom. The molecule has 0 saturated carbocycles. The third-order valence-electron chi connectivity index (χ3n) is 6.11. The summed E-state index contributed by atoms with van der Waals surface area (Å²) in [4.78, 5) is 28.8. The standard InChI is InChI=1S/C24H27F3N6O/c1-15-21(31-22(29-15)16-5-4-6-17(13-16)24(25,26)27)23(34)30-20-8-7-19(14-28-20)33-11-9-18(10-12-33)32(2)3/h4-8,13-14,18H,9-12H2,1-3H3,(H,29,31)(H,28,30,34). The third-order valence-corrected chi connectivity index (χ3v) is 6.11. The smallest absolute Gasteiger partial charge is 0.370 e. The minimum absolute atomic E-state index is 0.101. The molecule has 34 heavy (non-hydrogen) atoms. The second kappa shape index (κ2) is 9.46. The number of pyridine rings is 1. The first-order chi connectivity index (χ1) is 16.1. The summed E-state index contributed by atoms with van der Waals surface area (Å²) in [5.74, 6) is 0.0807. The first-order valence-corrected chi connectivity index (χ1v) is 11.0. The van der Waals surface area contributed by atoms with Crippen LogP contribution in [0.15, 0.2) is 42.6 Å². The van der Waals surface area contributed by atoms with Crippen LogP contribution >= 0.6 is 0 Å². The zero-order chi connectivity index (χ0) is 24.5. The normalized spacial score (nSPS) is 15.1. The Morgan fingerprint density at radius 2 is 1.91 bits per heavy atom. The molecule has 1 fully saturated rings. The summed E-state index contributed by atoms with van der Waals surface area (Å²) >= 11 is 0. The number of rotatable bonds is 5. The van der Waals surface area contributed by atoms with Gasteiger partial charge in [-0.2, -0.15) is 13.2 Å². The molecule has 0 bridgehead atoms. The van der Waals surface area contributed by atoms with Crippen LogP contribution in [-0.2, 0) is 6.18 Å². The highest BCUT2D eigenvalue weighted by atomic mass is 19.4. The second-order valence-corrected chi connectivity index (χ2v) is 8.68. The Bertz CT molecular complexity index is 1150. The quantitative estimate of drug-likeness (QED) is 0.569. The summed E-state index contributed by atoms with van der Waals surface area (Å²) in [6, 6.07) is 9.06. The molecule has 1 amide bonds. The van der Waals surface area contributed by atoms with Crippen molar-refractivity contribution in [1.29, 1.82) is 0 Å². The number of imidazole rings is 1. The Kier molecular flexibility index (Phi) is 6.60. The molecule has 10 heteroatoms. The average Bonchev–Trinajstić information content (AvgIpc) is 3.21. The number of anilines is 2. The van der Waals surface area contributed by atoms with Crippen LogP contribution in [0.4, 0.5) is 24.7 Å². The third kappa shape index (κ3) is 5.22. The van der Waals surface area contributed by atoms with E-state index in [0.29, 0.717) is 17.6 Å². The molecule has 3 aromatic rings. The Balaban J connectivity index is 1.43. The molecule has 4 rings (SSSR count). The number of carbonyl (C=O) groups is 1. The van der Waals surface area contributed by atoms with Crippen LogP contribution < -0.4 is 10.2 Å². The Labute approximate surface area is 196 Å². The van der Waals surface area contributed by atoms with Crippen molar-refractivity contribution in [3.05, 3.63) is 59.5 Å². The van der Waals surface area contributed by atoms with Crippen LogP contribution in [0.3, 0.4) is 0 Å². The number of alkyl halides is 3. The summed E-state index contributed by atoms with van der Waals surface area (Å²) in [5, 5.41) is 2.71. The number of amides is 1.